The zero-order chi connectivity index (χ0) is 6.69. The van der Waals surface area contributed by atoms with Crippen LogP contribution in [-0.2, 0) is 32.7 Å². The van der Waals surface area contributed by atoms with E-state index in [0.29, 0.717) is 0 Å². The second-order valence-corrected chi connectivity index (χ2v) is 2.84. The second kappa shape index (κ2) is 5.68. The van der Waals surface area contributed by atoms with Crippen LogP contribution < -0.4 is 0 Å². The van der Waals surface area contributed by atoms with Crippen molar-refractivity contribution in [2.75, 3.05) is 20.1 Å². The first-order valence-corrected chi connectivity index (χ1v) is 3.64. The summed E-state index contributed by atoms with van der Waals surface area (Å²) in [5, 5.41) is 0. The summed E-state index contributed by atoms with van der Waals surface area (Å²) in [6, 6.07) is 0. The zero-order valence-electron chi connectivity index (χ0n) is 6.71. The molecule has 0 aliphatic carbocycles. The standard InChI is InChI=1S/C8H15N.Y/c1-3-8-4-6-9(2)7-5-8;/h4,8H,1,3,5-7H2,2H3;/q-2;. The smallest absolute Gasteiger partial charge is 0 e. The van der Waals surface area contributed by atoms with Crippen molar-refractivity contribution in [3.05, 3.63) is 13.3 Å². The number of hydrogen-bond acceptors (Lipinski definition) is 1. The average Bonchev–Trinajstić information content (AvgIpc) is 1.90. The molecule has 1 atom stereocenters. The van der Waals surface area contributed by atoms with Gasteiger partial charge in [0.25, 0.3) is 0 Å². The van der Waals surface area contributed by atoms with Crippen LogP contribution in [0.4, 0.5) is 0 Å². The van der Waals surface area contributed by atoms with Gasteiger partial charge >= 0.3 is 0 Å². The summed E-state index contributed by atoms with van der Waals surface area (Å²) in [5.74, 6) is 0.793. The van der Waals surface area contributed by atoms with Crippen LogP contribution >= 0.6 is 0 Å². The Kier molecular flexibility index (Phi) is 6.29. The number of piperidine rings is 1. The van der Waals surface area contributed by atoms with Crippen LogP contribution in [0.2, 0.25) is 0 Å². The summed E-state index contributed by atoms with van der Waals surface area (Å²) in [6.45, 7) is 6.28. The van der Waals surface area contributed by atoms with Crippen molar-refractivity contribution >= 4 is 0 Å². The quantitative estimate of drug-likeness (QED) is 0.596. The number of nitrogens with zero attached hydrogens (tertiary/aromatic N) is 1. The fraction of sp³-hybridized carbons (Fsp3) is 0.750. The van der Waals surface area contributed by atoms with Gasteiger partial charge < -0.3 is 18.2 Å². The van der Waals surface area contributed by atoms with Crippen molar-refractivity contribution < 1.29 is 32.7 Å². The van der Waals surface area contributed by atoms with Crippen LogP contribution in [0.15, 0.2) is 0 Å². The summed E-state index contributed by atoms with van der Waals surface area (Å²) >= 11 is 0. The topological polar surface area (TPSA) is 3.24 Å². The summed E-state index contributed by atoms with van der Waals surface area (Å²) in [5.41, 5.74) is 0. The maximum atomic E-state index is 3.88. The fourth-order valence-corrected chi connectivity index (χ4v) is 1.19. The predicted octanol–water partition coefficient (Wildman–Crippen LogP) is 1.36. The molecule has 1 rings (SSSR count). The van der Waals surface area contributed by atoms with Crippen LogP contribution in [0.25, 0.3) is 0 Å². The normalized spacial score (nSPS) is 27.6. The molecule has 0 saturated carbocycles. The molecule has 0 N–H and O–H groups in total. The van der Waals surface area contributed by atoms with E-state index in [1.54, 1.807) is 0 Å². The molecule has 1 aliphatic heterocycles. The van der Waals surface area contributed by atoms with E-state index in [1.807, 2.05) is 0 Å². The third-order valence-corrected chi connectivity index (χ3v) is 2.00. The molecule has 1 radical (unpaired) electrons. The Morgan fingerprint density at radius 1 is 1.70 bits per heavy atom. The molecule has 2 heteroatoms. The number of hydrogen-bond donors (Lipinski definition) is 0. The van der Waals surface area contributed by atoms with E-state index in [4.69, 9.17) is 0 Å². The first-order valence-electron chi connectivity index (χ1n) is 3.64. The molecule has 0 aromatic carbocycles. The van der Waals surface area contributed by atoms with Gasteiger partial charge in [-0.1, -0.05) is 6.42 Å². The summed E-state index contributed by atoms with van der Waals surface area (Å²) in [6.07, 6.45) is 4.75. The Bertz CT molecular complexity index is 77.3. The van der Waals surface area contributed by atoms with Crippen molar-refractivity contribution in [2.45, 2.75) is 12.8 Å². The van der Waals surface area contributed by atoms with Crippen LogP contribution in [0.1, 0.15) is 12.8 Å². The summed E-state index contributed by atoms with van der Waals surface area (Å²) < 4.78 is 0. The Labute approximate surface area is 89.4 Å². The third kappa shape index (κ3) is 3.45. The van der Waals surface area contributed by atoms with Crippen LogP contribution in [-0.4, -0.2) is 25.0 Å². The first kappa shape index (κ1) is 11.1. The molecular formula is C8H15NY-2. The molecular weight excluding hydrogens is 199 g/mol. The van der Waals surface area contributed by atoms with Gasteiger partial charge in [-0.2, -0.15) is 5.92 Å². The minimum absolute atomic E-state index is 0. The predicted molar refractivity (Wildman–Crippen MR) is 39.9 cm³/mol. The van der Waals surface area contributed by atoms with E-state index in [9.17, 15) is 0 Å². The van der Waals surface area contributed by atoms with E-state index < -0.39 is 0 Å². The van der Waals surface area contributed by atoms with E-state index >= 15 is 0 Å². The Morgan fingerprint density at radius 2 is 2.40 bits per heavy atom. The second-order valence-electron chi connectivity index (χ2n) is 2.84. The molecule has 1 heterocycles. The molecule has 0 aromatic heterocycles. The number of likely N-dealkylation sites (tertiary alicyclic amines) is 1. The van der Waals surface area contributed by atoms with E-state index in [2.05, 4.69) is 25.3 Å². The van der Waals surface area contributed by atoms with Crippen LogP contribution in [0, 0.1) is 19.3 Å². The minimum Gasteiger partial charge on any atom is -0.345 e. The summed E-state index contributed by atoms with van der Waals surface area (Å²) in [4.78, 5) is 2.34. The Morgan fingerprint density at radius 3 is 2.80 bits per heavy atom. The SMILES string of the molecule is [CH2-]CC1[CH-]CN(C)CC1.[Y]. The summed E-state index contributed by atoms with van der Waals surface area (Å²) in [7, 11) is 2.16. The molecule has 1 fully saturated rings. The monoisotopic (exact) mass is 214 g/mol. The molecule has 0 amide bonds. The Balaban J connectivity index is 0.000000810. The minimum atomic E-state index is 0. The molecule has 57 valence electrons. The van der Waals surface area contributed by atoms with Crippen LogP contribution in [0.5, 0.6) is 0 Å². The van der Waals surface area contributed by atoms with Gasteiger partial charge in [0.1, 0.15) is 0 Å². The van der Waals surface area contributed by atoms with E-state index in [-0.39, 0.29) is 32.7 Å². The fourth-order valence-electron chi connectivity index (χ4n) is 1.19. The van der Waals surface area contributed by atoms with Gasteiger partial charge in [-0.15, -0.1) is 6.54 Å². The molecule has 1 aliphatic rings. The molecule has 10 heavy (non-hydrogen) atoms. The van der Waals surface area contributed by atoms with Gasteiger partial charge in [-0.25, -0.2) is 6.42 Å². The van der Waals surface area contributed by atoms with Crippen molar-refractivity contribution in [1.82, 2.24) is 4.90 Å². The van der Waals surface area contributed by atoms with Gasteiger partial charge in [0, 0.05) is 32.7 Å². The molecule has 0 spiro atoms. The van der Waals surface area contributed by atoms with Gasteiger partial charge in [-0.05, 0) is 13.6 Å². The maximum absolute atomic E-state index is 3.88. The van der Waals surface area contributed by atoms with Gasteiger partial charge in [0.2, 0.25) is 0 Å². The van der Waals surface area contributed by atoms with Gasteiger partial charge in [0.15, 0.2) is 0 Å². The van der Waals surface area contributed by atoms with Crippen molar-refractivity contribution in [3.63, 3.8) is 0 Å². The largest absolute Gasteiger partial charge is 0.345 e. The molecule has 1 nitrogen and oxygen atoms in total. The van der Waals surface area contributed by atoms with Crippen molar-refractivity contribution in [1.29, 1.82) is 0 Å². The molecule has 1 saturated heterocycles. The average molecular weight is 214 g/mol. The zero-order valence-corrected chi connectivity index (χ0v) is 9.55. The number of rotatable bonds is 1. The van der Waals surface area contributed by atoms with Crippen molar-refractivity contribution in [2.24, 2.45) is 5.92 Å². The maximum Gasteiger partial charge on any atom is 0 e. The van der Waals surface area contributed by atoms with Crippen molar-refractivity contribution in [3.8, 4) is 0 Å². The van der Waals surface area contributed by atoms with Gasteiger partial charge in [0.05, 0.1) is 0 Å². The van der Waals surface area contributed by atoms with E-state index in [0.717, 1.165) is 18.9 Å². The molecule has 0 aromatic rings. The third-order valence-electron chi connectivity index (χ3n) is 2.00. The molecule has 1 unspecified atom stereocenters. The Hall–Kier alpha value is 1.06. The molecule has 0 bridgehead atoms. The van der Waals surface area contributed by atoms with Crippen LogP contribution in [0.3, 0.4) is 0 Å². The van der Waals surface area contributed by atoms with Gasteiger partial charge in [-0.3, -0.25) is 0 Å². The first-order chi connectivity index (χ1) is 4.33. The van der Waals surface area contributed by atoms with E-state index in [1.165, 1.54) is 13.0 Å².